The summed E-state index contributed by atoms with van der Waals surface area (Å²) in [5.41, 5.74) is 0. The van der Waals surface area contributed by atoms with E-state index in [9.17, 15) is 13.2 Å². The molecule has 0 aliphatic carbocycles. The van der Waals surface area contributed by atoms with E-state index in [4.69, 9.17) is 9.47 Å². The molecule has 8 heteroatoms. The zero-order valence-electron chi connectivity index (χ0n) is 11.1. The number of nitrogens with zero attached hydrogens (tertiary/aromatic N) is 2. The Hall–Kier alpha value is -0.700. The van der Waals surface area contributed by atoms with Gasteiger partial charge in [0.05, 0.1) is 20.3 Å². The second kappa shape index (κ2) is 6.17. The Bertz CT molecular complexity index is 419. The van der Waals surface area contributed by atoms with Crippen LogP contribution in [0, 0.1) is 0 Å². The van der Waals surface area contributed by atoms with E-state index < -0.39 is 22.2 Å². The SMILES string of the molecule is COC(=O)C1CCCCN1S(=O)(=O)N1CCOCC1. The number of rotatable bonds is 3. The molecule has 0 aromatic heterocycles. The first-order valence-corrected chi connectivity index (χ1v) is 7.89. The summed E-state index contributed by atoms with van der Waals surface area (Å²) < 4.78 is 37.7. The Labute approximate surface area is 113 Å². The van der Waals surface area contributed by atoms with E-state index in [-0.39, 0.29) is 0 Å². The summed E-state index contributed by atoms with van der Waals surface area (Å²) in [5, 5.41) is 0. The van der Waals surface area contributed by atoms with Crippen molar-refractivity contribution in [2.24, 2.45) is 0 Å². The highest BCUT2D eigenvalue weighted by atomic mass is 32.2. The van der Waals surface area contributed by atoms with Crippen molar-refractivity contribution in [2.45, 2.75) is 25.3 Å². The molecule has 110 valence electrons. The Morgan fingerprint density at radius 1 is 1.21 bits per heavy atom. The summed E-state index contributed by atoms with van der Waals surface area (Å²) in [4.78, 5) is 11.7. The summed E-state index contributed by atoms with van der Waals surface area (Å²) in [7, 11) is -2.32. The Balaban J connectivity index is 2.18. The number of hydrogen-bond donors (Lipinski definition) is 0. The summed E-state index contributed by atoms with van der Waals surface area (Å²) in [6.45, 7) is 1.85. The minimum atomic E-state index is -3.60. The normalized spacial score (nSPS) is 27.1. The minimum Gasteiger partial charge on any atom is -0.468 e. The van der Waals surface area contributed by atoms with E-state index in [1.165, 1.54) is 15.7 Å². The third kappa shape index (κ3) is 3.07. The van der Waals surface area contributed by atoms with Crippen molar-refractivity contribution in [3.63, 3.8) is 0 Å². The maximum absolute atomic E-state index is 12.6. The van der Waals surface area contributed by atoms with Crippen LogP contribution in [0.15, 0.2) is 0 Å². The van der Waals surface area contributed by atoms with Crippen LogP contribution in [0.3, 0.4) is 0 Å². The number of morpholine rings is 1. The molecule has 0 N–H and O–H groups in total. The molecule has 2 saturated heterocycles. The molecule has 0 bridgehead atoms. The molecular weight excluding hydrogens is 272 g/mol. The molecule has 0 saturated carbocycles. The van der Waals surface area contributed by atoms with Gasteiger partial charge < -0.3 is 9.47 Å². The highest BCUT2D eigenvalue weighted by Gasteiger charge is 2.40. The number of methoxy groups -OCH3 is 1. The quantitative estimate of drug-likeness (QED) is 0.661. The number of carbonyl (C=O) groups excluding carboxylic acids is 1. The van der Waals surface area contributed by atoms with Crippen molar-refractivity contribution in [1.29, 1.82) is 0 Å². The molecule has 0 aromatic carbocycles. The van der Waals surface area contributed by atoms with Gasteiger partial charge in [0.15, 0.2) is 0 Å². The van der Waals surface area contributed by atoms with Gasteiger partial charge in [0.2, 0.25) is 0 Å². The van der Waals surface area contributed by atoms with Crippen molar-refractivity contribution in [2.75, 3.05) is 40.0 Å². The molecule has 2 fully saturated rings. The maximum Gasteiger partial charge on any atom is 0.324 e. The van der Waals surface area contributed by atoms with Crippen LogP contribution in [0.4, 0.5) is 0 Å². The fourth-order valence-corrected chi connectivity index (χ4v) is 4.26. The van der Waals surface area contributed by atoms with Crippen LogP contribution in [0.5, 0.6) is 0 Å². The molecule has 19 heavy (non-hydrogen) atoms. The van der Waals surface area contributed by atoms with Crippen LogP contribution < -0.4 is 0 Å². The van der Waals surface area contributed by atoms with E-state index >= 15 is 0 Å². The molecule has 0 radical (unpaired) electrons. The molecule has 0 amide bonds. The third-order valence-corrected chi connectivity index (χ3v) is 5.57. The first kappa shape index (κ1) is 14.7. The number of esters is 1. The van der Waals surface area contributed by atoms with E-state index in [0.717, 1.165) is 12.8 Å². The predicted octanol–water partition coefficient (Wildman–Crippen LogP) is -0.409. The molecule has 1 unspecified atom stereocenters. The van der Waals surface area contributed by atoms with Crippen molar-refractivity contribution >= 4 is 16.2 Å². The summed E-state index contributed by atoms with van der Waals surface area (Å²) in [6.07, 6.45) is 2.14. The Morgan fingerprint density at radius 3 is 2.53 bits per heavy atom. The smallest absolute Gasteiger partial charge is 0.324 e. The molecule has 0 spiro atoms. The number of ether oxygens (including phenoxy) is 2. The second-order valence-electron chi connectivity index (χ2n) is 4.66. The van der Waals surface area contributed by atoms with Gasteiger partial charge in [0, 0.05) is 19.6 Å². The Kier molecular flexibility index (Phi) is 4.77. The summed E-state index contributed by atoms with van der Waals surface area (Å²) >= 11 is 0. The molecule has 2 rings (SSSR count). The molecule has 2 aliphatic heterocycles. The fraction of sp³-hybridized carbons (Fsp3) is 0.909. The van der Waals surface area contributed by atoms with Crippen LogP contribution in [-0.2, 0) is 24.5 Å². The van der Waals surface area contributed by atoms with Gasteiger partial charge in [-0.25, -0.2) is 0 Å². The highest BCUT2D eigenvalue weighted by molar-refractivity contribution is 7.86. The predicted molar refractivity (Wildman–Crippen MR) is 67.7 cm³/mol. The van der Waals surface area contributed by atoms with Crippen molar-refractivity contribution in [1.82, 2.24) is 8.61 Å². The van der Waals surface area contributed by atoms with E-state index in [2.05, 4.69) is 0 Å². The monoisotopic (exact) mass is 292 g/mol. The lowest BCUT2D eigenvalue weighted by atomic mass is 10.1. The largest absolute Gasteiger partial charge is 0.468 e. The van der Waals surface area contributed by atoms with E-state index in [1.54, 1.807) is 0 Å². The van der Waals surface area contributed by atoms with Gasteiger partial charge >= 0.3 is 5.97 Å². The van der Waals surface area contributed by atoms with Crippen LogP contribution in [0.25, 0.3) is 0 Å². The number of hydrogen-bond acceptors (Lipinski definition) is 5. The average molecular weight is 292 g/mol. The standard InChI is InChI=1S/C11H20N2O5S/c1-17-11(14)10-4-2-3-5-13(10)19(15,16)12-6-8-18-9-7-12/h10H,2-9H2,1H3. The molecular formula is C11H20N2O5S. The third-order valence-electron chi connectivity index (χ3n) is 3.52. The fourth-order valence-electron chi connectivity index (χ4n) is 2.48. The van der Waals surface area contributed by atoms with Crippen LogP contribution >= 0.6 is 0 Å². The van der Waals surface area contributed by atoms with Crippen molar-refractivity contribution < 1.29 is 22.7 Å². The van der Waals surface area contributed by atoms with Gasteiger partial charge in [-0.2, -0.15) is 17.0 Å². The van der Waals surface area contributed by atoms with Crippen LogP contribution in [0.2, 0.25) is 0 Å². The molecule has 1 atom stereocenters. The average Bonchev–Trinajstić information content (AvgIpc) is 2.47. The topological polar surface area (TPSA) is 76.2 Å². The lowest BCUT2D eigenvalue weighted by Gasteiger charge is -2.37. The van der Waals surface area contributed by atoms with Crippen molar-refractivity contribution in [3.8, 4) is 0 Å². The summed E-state index contributed by atoms with van der Waals surface area (Å²) in [6, 6.07) is -0.688. The van der Waals surface area contributed by atoms with Gasteiger partial charge in [0.1, 0.15) is 6.04 Å². The van der Waals surface area contributed by atoms with Gasteiger partial charge in [-0.3, -0.25) is 4.79 Å². The lowest BCUT2D eigenvalue weighted by Crippen LogP contribution is -2.55. The molecule has 0 aromatic rings. The van der Waals surface area contributed by atoms with Gasteiger partial charge in [-0.1, -0.05) is 0 Å². The lowest BCUT2D eigenvalue weighted by molar-refractivity contribution is -0.146. The molecule has 7 nitrogen and oxygen atoms in total. The van der Waals surface area contributed by atoms with Crippen molar-refractivity contribution in [3.05, 3.63) is 0 Å². The van der Waals surface area contributed by atoms with Crippen LogP contribution in [0.1, 0.15) is 19.3 Å². The Morgan fingerprint density at radius 2 is 1.89 bits per heavy atom. The van der Waals surface area contributed by atoms with Crippen LogP contribution in [-0.4, -0.2) is 69.0 Å². The zero-order chi connectivity index (χ0) is 13.9. The molecule has 2 heterocycles. The van der Waals surface area contributed by atoms with Gasteiger partial charge in [0.25, 0.3) is 10.2 Å². The first-order chi connectivity index (χ1) is 9.07. The molecule has 2 aliphatic rings. The van der Waals surface area contributed by atoms with E-state index in [0.29, 0.717) is 39.3 Å². The van der Waals surface area contributed by atoms with E-state index in [1.807, 2.05) is 0 Å². The number of carbonyl (C=O) groups is 1. The maximum atomic E-state index is 12.6. The van der Waals surface area contributed by atoms with Gasteiger partial charge in [-0.15, -0.1) is 0 Å². The first-order valence-electron chi connectivity index (χ1n) is 6.50. The zero-order valence-corrected chi connectivity index (χ0v) is 11.9. The second-order valence-corrected chi connectivity index (χ2v) is 6.55. The number of piperidine rings is 1. The van der Waals surface area contributed by atoms with Gasteiger partial charge in [-0.05, 0) is 19.3 Å². The highest BCUT2D eigenvalue weighted by Crippen LogP contribution is 2.24. The summed E-state index contributed by atoms with van der Waals surface area (Å²) in [5.74, 6) is -0.475. The minimum absolute atomic E-state index is 0.340.